The standard InChI is InChI=1S/C9H12.2BrH.Zr/c1-7-4-8(2)6-9(3)5-7;;;/h4-6H,1-3H3;2*1H;/q;;;+2/p-2. The summed E-state index contributed by atoms with van der Waals surface area (Å²) >= 11 is 0. The molecule has 3 heteroatoms. The molecule has 0 heterocycles. The topological polar surface area (TPSA) is 0 Å². The van der Waals surface area contributed by atoms with Crippen LogP contribution in [0.2, 0.25) is 0 Å². The second-order valence-electron chi connectivity index (χ2n) is 2.67. The quantitative estimate of drug-likeness (QED) is 0.447. The molecule has 0 bridgehead atoms. The van der Waals surface area contributed by atoms with E-state index in [1.54, 1.807) is 0 Å². The smallest absolute Gasteiger partial charge is 1.00 e. The predicted octanol–water partition coefficient (Wildman–Crippen LogP) is -3.38. The van der Waals surface area contributed by atoms with Gasteiger partial charge in [-0.25, -0.2) is 0 Å². The van der Waals surface area contributed by atoms with E-state index in [0.29, 0.717) is 0 Å². The number of hydrogen-bond acceptors (Lipinski definition) is 0. The van der Waals surface area contributed by atoms with Crippen molar-refractivity contribution in [1.82, 2.24) is 0 Å². The molecule has 0 unspecified atom stereocenters. The molecule has 12 heavy (non-hydrogen) atoms. The van der Waals surface area contributed by atoms with E-state index in [4.69, 9.17) is 0 Å². The van der Waals surface area contributed by atoms with Gasteiger partial charge in [0.2, 0.25) is 0 Å². The molecule has 1 aromatic carbocycles. The Bertz CT molecular complexity index is 173. The molecule has 0 fully saturated rings. The largest absolute Gasteiger partial charge is 2.00 e. The van der Waals surface area contributed by atoms with Crippen molar-refractivity contribution < 1.29 is 60.2 Å². The number of benzene rings is 1. The zero-order chi connectivity index (χ0) is 6.85. The fraction of sp³-hybridized carbons (Fsp3) is 0.333. The van der Waals surface area contributed by atoms with Crippen molar-refractivity contribution in [2.45, 2.75) is 20.8 Å². The molecular formula is C9H12Br2Zr. The van der Waals surface area contributed by atoms with Crippen LogP contribution < -0.4 is 34.0 Å². The van der Waals surface area contributed by atoms with Gasteiger partial charge in [-0.1, -0.05) is 34.9 Å². The molecule has 0 N–H and O–H groups in total. The van der Waals surface area contributed by atoms with Crippen LogP contribution in [0.1, 0.15) is 16.7 Å². The summed E-state index contributed by atoms with van der Waals surface area (Å²) in [6, 6.07) is 6.56. The summed E-state index contributed by atoms with van der Waals surface area (Å²) in [7, 11) is 0. The predicted molar refractivity (Wildman–Crippen MR) is 40.7 cm³/mol. The molecule has 0 aliphatic heterocycles. The third-order valence-corrected chi connectivity index (χ3v) is 1.37. The van der Waals surface area contributed by atoms with E-state index >= 15 is 0 Å². The van der Waals surface area contributed by atoms with E-state index in [1.165, 1.54) is 16.7 Å². The Hall–Kier alpha value is 1.06. The first-order valence-corrected chi connectivity index (χ1v) is 3.23. The van der Waals surface area contributed by atoms with Gasteiger partial charge in [-0.2, -0.15) is 0 Å². The SMILES string of the molecule is Cc1cc(C)cc(C)c1.[Br-].[Br-].[Zr+2]. The molecule has 1 rings (SSSR count). The van der Waals surface area contributed by atoms with Crippen molar-refractivity contribution in [3.63, 3.8) is 0 Å². The van der Waals surface area contributed by atoms with Gasteiger partial charge < -0.3 is 34.0 Å². The summed E-state index contributed by atoms with van der Waals surface area (Å²) in [6.07, 6.45) is 0. The first-order valence-electron chi connectivity index (χ1n) is 3.23. The van der Waals surface area contributed by atoms with E-state index in [0.717, 1.165) is 0 Å². The van der Waals surface area contributed by atoms with E-state index in [9.17, 15) is 0 Å². The maximum atomic E-state index is 2.19. The van der Waals surface area contributed by atoms with Crippen molar-refractivity contribution in [2.24, 2.45) is 0 Å². The molecule has 0 radical (unpaired) electrons. The third kappa shape index (κ3) is 6.57. The summed E-state index contributed by atoms with van der Waals surface area (Å²) in [5, 5.41) is 0. The van der Waals surface area contributed by atoms with Gasteiger partial charge in [-0.15, -0.1) is 0 Å². The minimum Gasteiger partial charge on any atom is -1.00 e. The fourth-order valence-electron chi connectivity index (χ4n) is 1.20. The average molecular weight is 371 g/mol. The van der Waals surface area contributed by atoms with E-state index in [-0.39, 0.29) is 60.2 Å². The number of halogens is 2. The Morgan fingerprint density at radius 2 is 0.833 bits per heavy atom. The van der Waals surface area contributed by atoms with Gasteiger partial charge >= 0.3 is 26.2 Å². The summed E-state index contributed by atoms with van der Waals surface area (Å²) in [5.74, 6) is 0. The molecule has 0 saturated heterocycles. The van der Waals surface area contributed by atoms with Crippen molar-refractivity contribution in [2.75, 3.05) is 0 Å². The molecule has 0 atom stereocenters. The molecule has 0 aliphatic rings. The molecule has 0 saturated carbocycles. The molecule has 66 valence electrons. The minimum absolute atomic E-state index is 0. The zero-order valence-corrected chi connectivity index (χ0v) is 13.1. The first kappa shape index (κ1) is 18.8. The minimum atomic E-state index is 0. The van der Waals surface area contributed by atoms with Crippen LogP contribution in [0.15, 0.2) is 18.2 Å². The van der Waals surface area contributed by atoms with Gasteiger partial charge in [0, 0.05) is 0 Å². The van der Waals surface area contributed by atoms with Crippen LogP contribution in [0.3, 0.4) is 0 Å². The van der Waals surface area contributed by atoms with E-state index < -0.39 is 0 Å². The molecular weight excluding hydrogens is 359 g/mol. The van der Waals surface area contributed by atoms with Crippen molar-refractivity contribution in [1.29, 1.82) is 0 Å². The van der Waals surface area contributed by atoms with Crippen molar-refractivity contribution in [3.8, 4) is 0 Å². The maximum Gasteiger partial charge on any atom is 2.00 e. The Balaban J connectivity index is -0.000000270. The van der Waals surface area contributed by atoms with Crippen LogP contribution in [0.4, 0.5) is 0 Å². The van der Waals surface area contributed by atoms with Gasteiger partial charge in [0.1, 0.15) is 0 Å². The Morgan fingerprint density at radius 1 is 0.667 bits per heavy atom. The second-order valence-corrected chi connectivity index (χ2v) is 2.67. The van der Waals surface area contributed by atoms with Crippen molar-refractivity contribution in [3.05, 3.63) is 34.9 Å². The number of aryl methyl sites for hydroxylation is 3. The molecule has 0 spiro atoms. The summed E-state index contributed by atoms with van der Waals surface area (Å²) < 4.78 is 0. The molecule has 1 aromatic rings. The van der Waals surface area contributed by atoms with Crippen LogP contribution in [0.5, 0.6) is 0 Å². The normalized spacial score (nSPS) is 7.25. The van der Waals surface area contributed by atoms with Crippen LogP contribution in [0, 0.1) is 20.8 Å². The summed E-state index contributed by atoms with van der Waals surface area (Å²) in [4.78, 5) is 0. The fourth-order valence-corrected chi connectivity index (χ4v) is 1.20. The molecule has 0 aliphatic carbocycles. The van der Waals surface area contributed by atoms with Crippen molar-refractivity contribution >= 4 is 0 Å². The van der Waals surface area contributed by atoms with Gasteiger partial charge in [0.05, 0.1) is 0 Å². The average Bonchev–Trinajstić information content (AvgIpc) is 1.59. The van der Waals surface area contributed by atoms with Gasteiger partial charge in [0.15, 0.2) is 0 Å². The third-order valence-electron chi connectivity index (χ3n) is 1.37. The Morgan fingerprint density at radius 3 is 1.00 bits per heavy atom. The van der Waals surface area contributed by atoms with Crippen LogP contribution >= 0.6 is 0 Å². The van der Waals surface area contributed by atoms with Crippen LogP contribution in [-0.2, 0) is 26.2 Å². The number of hydrogen-bond donors (Lipinski definition) is 0. The van der Waals surface area contributed by atoms with Gasteiger partial charge in [-0.05, 0) is 20.8 Å². The Kier molecular flexibility index (Phi) is 13.5. The van der Waals surface area contributed by atoms with Gasteiger partial charge in [0.25, 0.3) is 0 Å². The molecule has 0 amide bonds. The van der Waals surface area contributed by atoms with Crippen LogP contribution in [-0.4, -0.2) is 0 Å². The number of rotatable bonds is 0. The van der Waals surface area contributed by atoms with E-state index in [1.807, 2.05) is 0 Å². The molecule has 0 aromatic heterocycles. The summed E-state index contributed by atoms with van der Waals surface area (Å²) in [6.45, 7) is 6.38. The van der Waals surface area contributed by atoms with Crippen LogP contribution in [0.25, 0.3) is 0 Å². The summed E-state index contributed by atoms with van der Waals surface area (Å²) in [5.41, 5.74) is 4.06. The van der Waals surface area contributed by atoms with Gasteiger partial charge in [-0.3, -0.25) is 0 Å². The first-order chi connectivity index (χ1) is 4.18. The Labute approximate surface area is 115 Å². The molecule has 0 nitrogen and oxygen atoms in total. The monoisotopic (exact) mass is 368 g/mol. The second kappa shape index (κ2) is 8.65. The zero-order valence-electron chi connectivity index (χ0n) is 7.49. The maximum absolute atomic E-state index is 2.19. The van der Waals surface area contributed by atoms with E-state index in [2.05, 4.69) is 39.0 Å².